The molecule has 0 N–H and O–H groups in total. The van der Waals surface area contributed by atoms with Crippen molar-refractivity contribution in [2.24, 2.45) is 0 Å². The lowest BCUT2D eigenvalue weighted by Crippen LogP contribution is -2.32. The van der Waals surface area contributed by atoms with Crippen LogP contribution in [0.2, 0.25) is 0 Å². The zero-order chi connectivity index (χ0) is 23.0. The number of anilines is 2. The number of benzene rings is 3. The van der Waals surface area contributed by atoms with Crippen LogP contribution < -0.4 is 4.90 Å². The van der Waals surface area contributed by atoms with Crippen molar-refractivity contribution in [2.45, 2.75) is 51.4 Å². The molecule has 162 valence electrons. The second-order valence-corrected chi connectivity index (χ2v) is 9.30. The molecular weight excluding hydrogens is 402 g/mol. The van der Waals surface area contributed by atoms with E-state index in [4.69, 9.17) is 0 Å². The van der Waals surface area contributed by atoms with Gasteiger partial charge in [0, 0.05) is 16.8 Å². The summed E-state index contributed by atoms with van der Waals surface area (Å²) in [6, 6.07) is 23.8. The Morgan fingerprint density at radius 3 is 2.36 bits per heavy atom. The van der Waals surface area contributed by atoms with Crippen LogP contribution in [-0.2, 0) is 5.41 Å². The van der Waals surface area contributed by atoms with Crippen molar-refractivity contribution >= 4 is 22.1 Å². The Bertz CT molecular complexity index is 1370. The third kappa shape index (κ3) is 3.33. The van der Waals surface area contributed by atoms with Crippen molar-refractivity contribution in [2.75, 3.05) is 4.90 Å². The second-order valence-electron chi connectivity index (χ2n) is 9.30. The first-order valence-electron chi connectivity index (χ1n) is 11.7. The van der Waals surface area contributed by atoms with Crippen LogP contribution in [0.1, 0.15) is 48.8 Å². The van der Waals surface area contributed by atoms with E-state index in [1.54, 1.807) is 6.08 Å². The molecule has 3 aromatic carbocycles. The molecular formula is C30H27N3. The monoisotopic (exact) mass is 429 g/mol. The van der Waals surface area contributed by atoms with Crippen LogP contribution in [0, 0.1) is 36.5 Å². The molecule has 0 unspecified atom stereocenters. The zero-order valence-electron chi connectivity index (χ0n) is 19.2. The first-order valence-corrected chi connectivity index (χ1v) is 11.7. The highest BCUT2D eigenvalue weighted by molar-refractivity contribution is 5.97. The van der Waals surface area contributed by atoms with E-state index in [-0.39, 0.29) is 11.0 Å². The van der Waals surface area contributed by atoms with Crippen molar-refractivity contribution in [1.82, 2.24) is 0 Å². The van der Waals surface area contributed by atoms with Crippen molar-refractivity contribution in [3.05, 3.63) is 94.7 Å². The summed E-state index contributed by atoms with van der Waals surface area (Å²) < 4.78 is 0. The van der Waals surface area contributed by atoms with Gasteiger partial charge in [0.15, 0.2) is 0 Å². The lowest BCUT2D eigenvalue weighted by atomic mass is 9.67. The SMILES string of the molecule is Cc1ccc(N2/C(=C\C=C(C#N)C#N)C3(CCCCC3)c3c2ccc2ccccc32)c(C)c1. The number of fused-ring (bicyclic) bond motifs is 4. The van der Waals surface area contributed by atoms with Gasteiger partial charge in [-0.15, -0.1) is 0 Å². The average Bonchev–Trinajstić information content (AvgIpc) is 3.09. The maximum atomic E-state index is 9.39. The second kappa shape index (κ2) is 8.27. The summed E-state index contributed by atoms with van der Waals surface area (Å²) in [6.07, 6.45) is 9.49. The van der Waals surface area contributed by atoms with Gasteiger partial charge in [-0.3, -0.25) is 0 Å². The third-order valence-electron chi connectivity index (χ3n) is 7.31. The molecule has 2 aliphatic rings. The molecule has 1 saturated carbocycles. The van der Waals surface area contributed by atoms with Gasteiger partial charge < -0.3 is 4.90 Å². The van der Waals surface area contributed by atoms with Crippen molar-refractivity contribution in [3.63, 3.8) is 0 Å². The minimum atomic E-state index is -0.127. The lowest BCUT2D eigenvalue weighted by molar-refractivity contribution is 0.349. The van der Waals surface area contributed by atoms with E-state index < -0.39 is 0 Å². The summed E-state index contributed by atoms with van der Waals surface area (Å²) in [6.45, 7) is 4.29. The molecule has 1 spiro atoms. The van der Waals surface area contributed by atoms with E-state index >= 15 is 0 Å². The standard InChI is InChI=1S/C30H27N3/c1-21-10-13-26(22(2)18-21)33-27-14-12-24-8-4-5-9-25(24)29(27)30(16-6-3-7-17-30)28(33)15-11-23(19-31)20-32/h4-5,8-15,18H,3,6-7,16-17H2,1-2H3/b28-15-. The number of hydrogen-bond acceptors (Lipinski definition) is 3. The van der Waals surface area contributed by atoms with Gasteiger partial charge in [0.25, 0.3) is 0 Å². The number of nitrogens with zero attached hydrogens (tertiary/aromatic N) is 3. The molecule has 1 aliphatic heterocycles. The predicted octanol–water partition coefficient (Wildman–Crippen LogP) is 7.67. The van der Waals surface area contributed by atoms with Crippen LogP contribution in [-0.4, -0.2) is 0 Å². The maximum absolute atomic E-state index is 9.39. The van der Waals surface area contributed by atoms with Crippen LogP contribution in [0.3, 0.4) is 0 Å². The Morgan fingerprint density at radius 1 is 0.909 bits per heavy atom. The van der Waals surface area contributed by atoms with E-state index in [9.17, 15) is 10.5 Å². The molecule has 0 bridgehead atoms. The van der Waals surface area contributed by atoms with Gasteiger partial charge in [0.05, 0.1) is 5.69 Å². The van der Waals surface area contributed by atoms with E-state index in [1.807, 2.05) is 18.2 Å². The highest BCUT2D eigenvalue weighted by atomic mass is 15.2. The molecule has 3 heteroatoms. The van der Waals surface area contributed by atoms with E-state index in [0.29, 0.717) is 0 Å². The number of allylic oxidation sites excluding steroid dienone is 4. The Labute approximate surface area is 195 Å². The summed E-state index contributed by atoms with van der Waals surface area (Å²) in [5, 5.41) is 21.3. The highest BCUT2D eigenvalue weighted by Gasteiger charge is 2.49. The fourth-order valence-electron chi connectivity index (χ4n) is 5.89. The topological polar surface area (TPSA) is 50.8 Å². The molecule has 33 heavy (non-hydrogen) atoms. The molecule has 0 amide bonds. The van der Waals surface area contributed by atoms with Crippen LogP contribution in [0.15, 0.2) is 78.0 Å². The van der Waals surface area contributed by atoms with Crippen LogP contribution >= 0.6 is 0 Å². The number of nitriles is 2. The molecule has 0 radical (unpaired) electrons. The molecule has 0 saturated heterocycles. The van der Waals surface area contributed by atoms with Gasteiger partial charge in [-0.05, 0) is 72.9 Å². The van der Waals surface area contributed by atoms with Crippen LogP contribution in [0.5, 0.6) is 0 Å². The summed E-state index contributed by atoms with van der Waals surface area (Å²) >= 11 is 0. The number of aryl methyl sites for hydroxylation is 2. The quantitative estimate of drug-likeness (QED) is 0.393. The lowest BCUT2D eigenvalue weighted by Gasteiger charge is -2.37. The normalized spacial score (nSPS) is 17.6. The molecule has 3 aromatic rings. The van der Waals surface area contributed by atoms with E-state index in [2.05, 4.69) is 73.3 Å². The van der Waals surface area contributed by atoms with Gasteiger partial charge in [0.2, 0.25) is 0 Å². The van der Waals surface area contributed by atoms with Gasteiger partial charge in [-0.1, -0.05) is 67.3 Å². The zero-order valence-corrected chi connectivity index (χ0v) is 19.2. The van der Waals surface area contributed by atoms with Gasteiger partial charge in [-0.2, -0.15) is 10.5 Å². The van der Waals surface area contributed by atoms with Gasteiger partial charge in [0.1, 0.15) is 17.7 Å². The fourth-order valence-corrected chi connectivity index (χ4v) is 5.89. The molecule has 0 atom stereocenters. The summed E-state index contributed by atoms with van der Waals surface area (Å²) in [5.41, 5.74) is 7.43. The summed E-state index contributed by atoms with van der Waals surface area (Å²) in [7, 11) is 0. The Balaban J connectivity index is 1.87. The van der Waals surface area contributed by atoms with Crippen molar-refractivity contribution in [3.8, 4) is 12.1 Å². The molecule has 5 rings (SSSR count). The number of hydrogen-bond donors (Lipinski definition) is 0. The van der Waals surface area contributed by atoms with E-state index in [0.717, 1.165) is 18.5 Å². The average molecular weight is 430 g/mol. The molecule has 1 fully saturated rings. The minimum Gasteiger partial charge on any atom is -0.313 e. The first kappa shape index (κ1) is 21.0. The van der Waals surface area contributed by atoms with Gasteiger partial charge >= 0.3 is 0 Å². The highest BCUT2D eigenvalue weighted by Crippen LogP contribution is 2.59. The number of rotatable bonds is 2. The molecule has 1 heterocycles. The Kier molecular flexibility index (Phi) is 5.27. The predicted molar refractivity (Wildman–Crippen MR) is 134 cm³/mol. The molecule has 3 nitrogen and oxygen atoms in total. The van der Waals surface area contributed by atoms with Crippen LogP contribution in [0.4, 0.5) is 11.4 Å². The molecule has 0 aromatic heterocycles. The minimum absolute atomic E-state index is 0.127. The Hall–Kier alpha value is -3.82. The smallest absolute Gasteiger partial charge is 0.129 e. The van der Waals surface area contributed by atoms with Crippen LogP contribution in [0.25, 0.3) is 10.8 Å². The summed E-state index contributed by atoms with van der Waals surface area (Å²) in [5.74, 6) is 0. The van der Waals surface area contributed by atoms with Gasteiger partial charge in [-0.25, -0.2) is 0 Å². The largest absolute Gasteiger partial charge is 0.313 e. The summed E-state index contributed by atoms with van der Waals surface area (Å²) in [4.78, 5) is 2.39. The maximum Gasteiger partial charge on any atom is 0.129 e. The van der Waals surface area contributed by atoms with Crippen molar-refractivity contribution in [1.29, 1.82) is 10.5 Å². The molecule has 1 aliphatic carbocycles. The first-order chi connectivity index (χ1) is 16.1. The fraction of sp³-hybridized carbons (Fsp3) is 0.267. The van der Waals surface area contributed by atoms with E-state index in [1.165, 1.54) is 58.1 Å². The van der Waals surface area contributed by atoms with Crippen molar-refractivity contribution < 1.29 is 0 Å². The third-order valence-corrected chi connectivity index (χ3v) is 7.31. The Morgan fingerprint density at radius 2 is 1.64 bits per heavy atom.